The number of hydrogen-bond donors (Lipinski definition) is 2. The third-order valence-electron chi connectivity index (χ3n) is 7.67. The summed E-state index contributed by atoms with van der Waals surface area (Å²) >= 11 is 0. The van der Waals surface area contributed by atoms with Gasteiger partial charge in [-0.1, -0.05) is 86.6 Å². The van der Waals surface area contributed by atoms with Gasteiger partial charge in [0.05, 0.1) is 0 Å². The monoisotopic (exact) mass is 550 g/mol. The van der Waals surface area contributed by atoms with Crippen LogP contribution < -0.4 is 5.32 Å². The molecule has 0 aliphatic carbocycles. The van der Waals surface area contributed by atoms with E-state index >= 15 is 0 Å². The number of hydrogen-bond acceptors (Lipinski definition) is 3. The number of carboxylic acid groups (broad SMARTS) is 1. The summed E-state index contributed by atoms with van der Waals surface area (Å²) in [7, 11) is 0. The normalized spacial score (nSPS) is 11.2. The molecule has 41 heavy (non-hydrogen) atoms. The second-order valence-electron chi connectivity index (χ2n) is 11.2. The summed E-state index contributed by atoms with van der Waals surface area (Å²) in [5.41, 5.74) is 6.01. The molecule has 4 aromatic rings. The highest BCUT2D eigenvalue weighted by atomic mass is 16.4. The third kappa shape index (κ3) is 9.21. The van der Waals surface area contributed by atoms with Gasteiger partial charge in [-0.15, -0.1) is 0 Å². The maximum atomic E-state index is 13.6. The van der Waals surface area contributed by atoms with Crippen LogP contribution in [0.5, 0.6) is 0 Å². The topological polar surface area (TPSA) is 71.3 Å². The van der Waals surface area contributed by atoms with Crippen LogP contribution in [0.15, 0.2) is 97.3 Å². The molecule has 0 spiro atoms. The molecule has 0 saturated heterocycles. The van der Waals surface area contributed by atoms with E-state index in [1.165, 1.54) is 11.1 Å². The van der Waals surface area contributed by atoms with E-state index in [0.717, 1.165) is 43.5 Å². The van der Waals surface area contributed by atoms with Gasteiger partial charge in [-0.3, -0.25) is 9.59 Å². The van der Waals surface area contributed by atoms with E-state index in [9.17, 15) is 9.59 Å². The van der Waals surface area contributed by atoms with Crippen molar-refractivity contribution in [2.24, 2.45) is 5.92 Å². The zero-order valence-electron chi connectivity index (χ0n) is 24.3. The number of nitrogens with one attached hydrogen (secondary N) is 1. The van der Waals surface area contributed by atoms with Crippen LogP contribution in [0.3, 0.4) is 0 Å². The van der Waals surface area contributed by atoms with Crippen LogP contribution in [0.2, 0.25) is 0 Å². The van der Waals surface area contributed by atoms with Gasteiger partial charge in [0.1, 0.15) is 0 Å². The average molecular weight is 551 g/mol. The largest absolute Gasteiger partial charge is 0.481 e. The van der Waals surface area contributed by atoms with Crippen molar-refractivity contribution in [2.45, 2.75) is 64.8 Å². The fourth-order valence-corrected chi connectivity index (χ4v) is 5.29. The van der Waals surface area contributed by atoms with Crippen LogP contribution in [0.25, 0.3) is 0 Å². The van der Waals surface area contributed by atoms with Gasteiger partial charge in [0.15, 0.2) is 5.78 Å². The van der Waals surface area contributed by atoms with E-state index in [2.05, 4.69) is 79.8 Å². The molecule has 0 fully saturated rings. The molecule has 0 bridgehead atoms. The maximum Gasteiger partial charge on any atom is 0.303 e. The second kappa shape index (κ2) is 15.0. The van der Waals surface area contributed by atoms with E-state index in [-0.39, 0.29) is 18.1 Å². The zero-order chi connectivity index (χ0) is 29.0. The lowest BCUT2D eigenvalue weighted by molar-refractivity contribution is -0.137. The minimum Gasteiger partial charge on any atom is -0.481 e. The smallest absolute Gasteiger partial charge is 0.303 e. The van der Waals surface area contributed by atoms with E-state index in [1.807, 2.05) is 41.2 Å². The maximum absolute atomic E-state index is 13.6. The number of aliphatic carboxylic acids is 1. The standard InChI is InChI=1S/C36H42N2O3/c1-27(2)33-25-38(22-10-17-35(39)40)26-34(33)36(41)31-15-9-16-32(23-31)37-24-30(20-18-28-11-5-3-6-12-28)21-19-29-13-7-4-8-14-29/h3-9,11-16,23,25-27,30,37H,10,17-22,24H2,1-2H3,(H,39,40). The lowest BCUT2D eigenvalue weighted by atomic mass is 9.93. The van der Waals surface area contributed by atoms with Crippen LogP contribution in [0.4, 0.5) is 5.69 Å². The van der Waals surface area contributed by atoms with E-state index in [4.69, 9.17) is 5.11 Å². The molecule has 214 valence electrons. The average Bonchev–Trinajstić information content (AvgIpc) is 3.42. The Bertz CT molecular complexity index is 1350. The van der Waals surface area contributed by atoms with Crippen molar-refractivity contribution in [3.63, 3.8) is 0 Å². The first kappa shape index (κ1) is 29.9. The van der Waals surface area contributed by atoms with Gasteiger partial charge in [-0.2, -0.15) is 0 Å². The minimum atomic E-state index is -0.802. The summed E-state index contributed by atoms with van der Waals surface area (Å²) in [5, 5.41) is 12.6. The number of carboxylic acids is 1. The highest BCUT2D eigenvalue weighted by Gasteiger charge is 2.19. The number of aryl methyl sites for hydroxylation is 3. The molecule has 2 N–H and O–H groups in total. The van der Waals surface area contributed by atoms with Crippen LogP contribution in [-0.4, -0.2) is 28.0 Å². The van der Waals surface area contributed by atoms with E-state index in [1.54, 1.807) is 0 Å². The van der Waals surface area contributed by atoms with Gasteiger partial charge in [0.25, 0.3) is 0 Å². The number of anilines is 1. The van der Waals surface area contributed by atoms with Gasteiger partial charge >= 0.3 is 5.97 Å². The highest BCUT2D eigenvalue weighted by Crippen LogP contribution is 2.25. The van der Waals surface area contributed by atoms with Gasteiger partial charge < -0.3 is 15.0 Å². The third-order valence-corrected chi connectivity index (χ3v) is 7.67. The first-order chi connectivity index (χ1) is 19.9. The summed E-state index contributed by atoms with van der Waals surface area (Å²) in [4.78, 5) is 24.6. The fraction of sp³-hybridized carbons (Fsp3) is 0.333. The SMILES string of the molecule is CC(C)c1cn(CCCC(=O)O)cc1C(=O)c1cccc(NCC(CCc2ccccc2)CCc2ccccc2)c1. The van der Waals surface area contributed by atoms with Crippen LogP contribution in [0.1, 0.15) is 78.1 Å². The first-order valence-corrected chi connectivity index (χ1v) is 14.8. The van der Waals surface area contributed by atoms with Crippen molar-refractivity contribution in [1.29, 1.82) is 0 Å². The Morgan fingerprint density at radius 1 is 0.829 bits per heavy atom. The van der Waals surface area contributed by atoms with Crippen LogP contribution in [-0.2, 0) is 24.2 Å². The van der Waals surface area contributed by atoms with Crippen molar-refractivity contribution in [3.8, 4) is 0 Å². The molecule has 1 heterocycles. The lowest BCUT2D eigenvalue weighted by Gasteiger charge is -2.19. The van der Waals surface area contributed by atoms with Crippen LogP contribution in [0, 0.1) is 5.92 Å². The molecule has 5 nitrogen and oxygen atoms in total. The fourth-order valence-electron chi connectivity index (χ4n) is 5.29. The Labute approximate surface area is 244 Å². The predicted octanol–water partition coefficient (Wildman–Crippen LogP) is 8.00. The molecule has 0 unspecified atom stereocenters. The summed E-state index contributed by atoms with van der Waals surface area (Å²) in [6.07, 6.45) is 8.79. The number of carbonyl (C=O) groups is 2. The molecule has 0 aliphatic rings. The van der Waals surface area contributed by atoms with Crippen molar-refractivity contribution in [1.82, 2.24) is 4.57 Å². The number of rotatable bonds is 16. The lowest BCUT2D eigenvalue weighted by Crippen LogP contribution is -2.16. The Kier molecular flexibility index (Phi) is 10.9. The minimum absolute atomic E-state index is 0.000889. The number of ketones is 1. The molecule has 5 heteroatoms. The molecule has 0 atom stereocenters. The summed E-state index contributed by atoms with van der Waals surface area (Å²) < 4.78 is 1.96. The number of nitrogens with zero attached hydrogens (tertiary/aromatic N) is 1. The Hall–Kier alpha value is -4.12. The Morgan fingerprint density at radius 2 is 1.46 bits per heavy atom. The molecule has 3 aromatic carbocycles. The summed E-state index contributed by atoms with van der Waals surface area (Å²) in [5.74, 6) is -0.128. The Balaban J connectivity index is 1.43. The van der Waals surface area contributed by atoms with E-state index < -0.39 is 5.97 Å². The van der Waals surface area contributed by atoms with E-state index in [0.29, 0.717) is 30.0 Å². The molecule has 0 saturated carbocycles. The number of aromatic nitrogens is 1. The van der Waals surface area contributed by atoms with Gasteiger partial charge in [-0.05, 0) is 72.8 Å². The van der Waals surface area contributed by atoms with Crippen molar-refractivity contribution in [2.75, 3.05) is 11.9 Å². The molecule has 0 radical (unpaired) electrons. The molecular formula is C36H42N2O3. The van der Waals surface area contributed by atoms with Crippen LogP contribution >= 0.6 is 0 Å². The molecule has 0 amide bonds. The Morgan fingerprint density at radius 3 is 2.05 bits per heavy atom. The van der Waals surface area contributed by atoms with Gasteiger partial charge in [0.2, 0.25) is 0 Å². The predicted molar refractivity (Wildman–Crippen MR) is 167 cm³/mol. The van der Waals surface area contributed by atoms with Crippen molar-refractivity contribution < 1.29 is 14.7 Å². The van der Waals surface area contributed by atoms with Gasteiger partial charge in [-0.25, -0.2) is 0 Å². The highest BCUT2D eigenvalue weighted by molar-refractivity contribution is 6.10. The quantitative estimate of drug-likeness (QED) is 0.139. The number of carbonyl (C=O) groups excluding carboxylic acids is 1. The van der Waals surface area contributed by atoms with Crippen molar-refractivity contribution >= 4 is 17.4 Å². The second-order valence-corrected chi connectivity index (χ2v) is 11.2. The molecule has 4 rings (SSSR count). The molecular weight excluding hydrogens is 508 g/mol. The zero-order valence-corrected chi connectivity index (χ0v) is 24.3. The molecule has 0 aliphatic heterocycles. The number of benzene rings is 3. The first-order valence-electron chi connectivity index (χ1n) is 14.8. The van der Waals surface area contributed by atoms with Gasteiger partial charge in [0, 0.05) is 48.7 Å². The molecule has 1 aromatic heterocycles. The summed E-state index contributed by atoms with van der Waals surface area (Å²) in [6.45, 7) is 5.58. The summed E-state index contributed by atoms with van der Waals surface area (Å²) in [6, 6.07) is 29.1. The van der Waals surface area contributed by atoms with Crippen molar-refractivity contribution in [3.05, 3.63) is 125 Å².